The average Bonchev–Trinajstić information content (AvgIpc) is 2.59. The molecule has 1 amide bonds. The van der Waals surface area contributed by atoms with E-state index in [4.69, 9.17) is 9.47 Å². The molecule has 1 aliphatic heterocycles. The van der Waals surface area contributed by atoms with Gasteiger partial charge in [0.1, 0.15) is 11.9 Å². The van der Waals surface area contributed by atoms with Crippen LogP contribution in [0.25, 0.3) is 0 Å². The number of rotatable bonds is 4. The third-order valence-electron chi connectivity index (χ3n) is 3.87. The Bertz CT molecular complexity index is 669. The van der Waals surface area contributed by atoms with Crippen LogP contribution in [0.1, 0.15) is 27.6 Å². The summed E-state index contributed by atoms with van der Waals surface area (Å²) in [6.07, 6.45) is 0.843. The maximum atomic E-state index is 12.2. The molecular weight excluding hydrogens is 278 g/mol. The van der Waals surface area contributed by atoms with E-state index < -0.39 is 0 Å². The monoisotopic (exact) mass is 297 g/mol. The molecule has 4 heteroatoms. The molecule has 0 saturated carbocycles. The molecule has 3 rings (SSSR count). The van der Waals surface area contributed by atoms with Crippen molar-refractivity contribution in [2.24, 2.45) is 0 Å². The van der Waals surface area contributed by atoms with Gasteiger partial charge in [0.05, 0.1) is 13.7 Å². The standard InChI is InChI=1S/C18H19NO3/c1-21-15-7-4-6-14(11-15)18(20)19-12-17-16-8-3-2-5-13(16)9-10-22-17/h2-8,11,17H,9-10,12H2,1H3,(H,19,20)/t17-/m0/s1. The maximum absolute atomic E-state index is 12.2. The highest BCUT2D eigenvalue weighted by atomic mass is 16.5. The molecule has 0 radical (unpaired) electrons. The van der Waals surface area contributed by atoms with Gasteiger partial charge in [0.25, 0.3) is 5.91 Å². The Morgan fingerprint density at radius 2 is 2.14 bits per heavy atom. The summed E-state index contributed by atoms with van der Waals surface area (Å²) in [5, 5.41) is 2.94. The Morgan fingerprint density at radius 3 is 3.00 bits per heavy atom. The predicted octanol–water partition coefficient (Wildman–Crippen LogP) is 2.74. The van der Waals surface area contributed by atoms with E-state index in [9.17, 15) is 4.79 Å². The molecule has 2 aromatic carbocycles. The molecule has 1 atom stereocenters. The second-order valence-corrected chi connectivity index (χ2v) is 5.25. The molecule has 1 heterocycles. The highest BCUT2D eigenvalue weighted by Gasteiger charge is 2.21. The SMILES string of the molecule is COc1cccc(C(=O)NC[C@@H]2OCCc3ccccc32)c1. The lowest BCUT2D eigenvalue weighted by Crippen LogP contribution is -2.31. The summed E-state index contributed by atoms with van der Waals surface area (Å²) in [6, 6.07) is 15.3. The third kappa shape index (κ3) is 3.12. The van der Waals surface area contributed by atoms with Crippen molar-refractivity contribution in [3.63, 3.8) is 0 Å². The van der Waals surface area contributed by atoms with Gasteiger partial charge in [-0.3, -0.25) is 4.79 Å². The highest BCUT2D eigenvalue weighted by molar-refractivity contribution is 5.94. The van der Waals surface area contributed by atoms with Crippen molar-refractivity contribution in [3.8, 4) is 5.75 Å². The zero-order valence-corrected chi connectivity index (χ0v) is 12.5. The first-order valence-electron chi connectivity index (χ1n) is 7.39. The topological polar surface area (TPSA) is 47.6 Å². The van der Waals surface area contributed by atoms with Crippen molar-refractivity contribution in [1.29, 1.82) is 0 Å². The van der Waals surface area contributed by atoms with Crippen molar-refractivity contribution >= 4 is 5.91 Å². The number of amides is 1. The molecule has 1 aliphatic rings. The summed E-state index contributed by atoms with van der Waals surface area (Å²) in [5.41, 5.74) is 3.05. The minimum absolute atomic E-state index is 0.0838. The number of carbonyl (C=O) groups excluding carboxylic acids is 1. The lowest BCUT2D eigenvalue weighted by atomic mass is 9.97. The smallest absolute Gasteiger partial charge is 0.251 e. The van der Waals surface area contributed by atoms with Crippen molar-refractivity contribution in [3.05, 3.63) is 65.2 Å². The summed E-state index contributed by atoms with van der Waals surface area (Å²) >= 11 is 0. The van der Waals surface area contributed by atoms with Crippen LogP contribution < -0.4 is 10.1 Å². The van der Waals surface area contributed by atoms with Crippen molar-refractivity contribution in [2.75, 3.05) is 20.3 Å². The zero-order chi connectivity index (χ0) is 15.4. The second kappa shape index (κ2) is 6.62. The fraction of sp³-hybridized carbons (Fsp3) is 0.278. The molecule has 4 nitrogen and oxygen atoms in total. The van der Waals surface area contributed by atoms with E-state index in [1.54, 1.807) is 25.3 Å². The Balaban J connectivity index is 1.67. The van der Waals surface area contributed by atoms with E-state index in [-0.39, 0.29) is 12.0 Å². The van der Waals surface area contributed by atoms with E-state index in [0.29, 0.717) is 24.5 Å². The van der Waals surface area contributed by atoms with Gasteiger partial charge in [0, 0.05) is 12.1 Å². The summed E-state index contributed by atoms with van der Waals surface area (Å²) in [5.74, 6) is 0.553. The van der Waals surface area contributed by atoms with Crippen LogP contribution in [-0.2, 0) is 11.2 Å². The molecule has 0 bridgehead atoms. The predicted molar refractivity (Wildman–Crippen MR) is 84.2 cm³/mol. The minimum atomic E-state index is -0.120. The zero-order valence-electron chi connectivity index (χ0n) is 12.5. The summed E-state index contributed by atoms with van der Waals surface area (Å²) in [7, 11) is 1.59. The van der Waals surface area contributed by atoms with Gasteiger partial charge in [-0.25, -0.2) is 0 Å². The third-order valence-corrected chi connectivity index (χ3v) is 3.87. The molecule has 0 aromatic heterocycles. The number of fused-ring (bicyclic) bond motifs is 1. The van der Waals surface area contributed by atoms with Gasteiger partial charge in [-0.2, -0.15) is 0 Å². The van der Waals surface area contributed by atoms with Gasteiger partial charge < -0.3 is 14.8 Å². The lowest BCUT2D eigenvalue weighted by molar-refractivity contribution is 0.0411. The fourth-order valence-electron chi connectivity index (χ4n) is 2.70. The number of methoxy groups -OCH3 is 1. The number of carbonyl (C=O) groups is 1. The van der Waals surface area contributed by atoms with Crippen LogP contribution in [-0.4, -0.2) is 26.2 Å². The quantitative estimate of drug-likeness (QED) is 0.944. The van der Waals surface area contributed by atoms with E-state index in [0.717, 1.165) is 6.42 Å². The summed E-state index contributed by atoms with van der Waals surface area (Å²) in [6.45, 7) is 1.16. The van der Waals surface area contributed by atoms with Crippen molar-refractivity contribution in [2.45, 2.75) is 12.5 Å². The number of benzene rings is 2. The van der Waals surface area contributed by atoms with Crippen LogP contribution in [0, 0.1) is 0 Å². The van der Waals surface area contributed by atoms with Crippen LogP contribution >= 0.6 is 0 Å². The molecule has 0 unspecified atom stereocenters. The first-order chi connectivity index (χ1) is 10.8. The van der Waals surface area contributed by atoms with Gasteiger partial charge in [0.2, 0.25) is 0 Å². The molecular formula is C18H19NO3. The van der Waals surface area contributed by atoms with E-state index in [2.05, 4.69) is 17.4 Å². The average molecular weight is 297 g/mol. The minimum Gasteiger partial charge on any atom is -0.497 e. The number of hydrogen-bond acceptors (Lipinski definition) is 3. The van der Waals surface area contributed by atoms with E-state index in [1.807, 2.05) is 18.2 Å². The van der Waals surface area contributed by atoms with Crippen LogP contribution in [0.4, 0.5) is 0 Å². The Hall–Kier alpha value is -2.33. The van der Waals surface area contributed by atoms with Crippen LogP contribution in [0.3, 0.4) is 0 Å². The van der Waals surface area contributed by atoms with Gasteiger partial charge in [-0.1, -0.05) is 30.3 Å². The summed E-state index contributed by atoms with van der Waals surface area (Å²) in [4.78, 5) is 12.2. The molecule has 0 aliphatic carbocycles. The van der Waals surface area contributed by atoms with Gasteiger partial charge in [-0.15, -0.1) is 0 Å². The Labute approximate surface area is 130 Å². The first kappa shape index (κ1) is 14.6. The van der Waals surface area contributed by atoms with Crippen LogP contribution in [0.5, 0.6) is 5.75 Å². The number of nitrogens with one attached hydrogen (secondary N) is 1. The molecule has 0 spiro atoms. The summed E-state index contributed by atoms with van der Waals surface area (Å²) < 4.78 is 10.9. The number of hydrogen-bond donors (Lipinski definition) is 1. The maximum Gasteiger partial charge on any atom is 0.251 e. The molecule has 0 saturated heterocycles. The highest BCUT2D eigenvalue weighted by Crippen LogP contribution is 2.26. The Kier molecular flexibility index (Phi) is 4.39. The molecule has 114 valence electrons. The second-order valence-electron chi connectivity index (χ2n) is 5.25. The number of ether oxygens (including phenoxy) is 2. The van der Waals surface area contributed by atoms with Gasteiger partial charge >= 0.3 is 0 Å². The van der Waals surface area contributed by atoms with Crippen LogP contribution in [0.15, 0.2) is 48.5 Å². The van der Waals surface area contributed by atoms with Crippen molar-refractivity contribution in [1.82, 2.24) is 5.32 Å². The molecule has 22 heavy (non-hydrogen) atoms. The molecule has 1 N–H and O–H groups in total. The van der Waals surface area contributed by atoms with Gasteiger partial charge in [0.15, 0.2) is 0 Å². The van der Waals surface area contributed by atoms with Crippen LogP contribution in [0.2, 0.25) is 0 Å². The fourth-order valence-corrected chi connectivity index (χ4v) is 2.70. The lowest BCUT2D eigenvalue weighted by Gasteiger charge is -2.26. The normalized spacial score (nSPS) is 16.7. The van der Waals surface area contributed by atoms with Crippen molar-refractivity contribution < 1.29 is 14.3 Å². The van der Waals surface area contributed by atoms with E-state index >= 15 is 0 Å². The molecule has 2 aromatic rings. The largest absolute Gasteiger partial charge is 0.497 e. The Morgan fingerprint density at radius 1 is 1.27 bits per heavy atom. The molecule has 0 fully saturated rings. The first-order valence-corrected chi connectivity index (χ1v) is 7.39. The van der Waals surface area contributed by atoms with E-state index in [1.165, 1.54) is 11.1 Å². The van der Waals surface area contributed by atoms with Gasteiger partial charge in [-0.05, 0) is 35.7 Å².